The molecule has 0 heterocycles. The number of carbonyl (C=O) groups excluding carboxylic acids is 1. The summed E-state index contributed by atoms with van der Waals surface area (Å²) >= 11 is 0. The quantitative estimate of drug-likeness (QED) is 0.895. The van der Waals surface area contributed by atoms with Crippen LogP contribution < -0.4 is 11.1 Å². The van der Waals surface area contributed by atoms with Gasteiger partial charge in [0.25, 0.3) is 0 Å². The Morgan fingerprint density at radius 1 is 1.38 bits per heavy atom. The molecule has 4 heteroatoms. The molecule has 3 N–H and O–H groups in total. The van der Waals surface area contributed by atoms with E-state index in [2.05, 4.69) is 23.5 Å². The van der Waals surface area contributed by atoms with Gasteiger partial charge in [0.15, 0.2) is 0 Å². The Morgan fingerprint density at radius 3 is 2.86 bits per heavy atom. The van der Waals surface area contributed by atoms with Gasteiger partial charge in [-0.25, -0.2) is 4.79 Å². The lowest BCUT2D eigenvalue weighted by Crippen LogP contribution is -2.41. The molecule has 0 saturated heterocycles. The molecule has 1 aliphatic carbocycles. The molecule has 1 atom stereocenters. The van der Waals surface area contributed by atoms with E-state index >= 15 is 0 Å². The zero-order valence-electron chi connectivity index (χ0n) is 13.2. The van der Waals surface area contributed by atoms with Crippen molar-refractivity contribution in [2.75, 3.05) is 6.54 Å². The van der Waals surface area contributed by atoms with Crippen molar-refractivity contribution in [1.29, 1.82) is 0 Å². The fourth-order valence-corrected chi connectivity index (χ4v) is 2.77. The van der Waals surface area contributed by atoms with E-state index in [0.717, 1.165) is 12.8 Å². The highest BCUT2D eigenvalue weighted by molar-refractivity contribution is 5.67. The van der Waals surface area contributed by atoms with Crippen molar-refractivity contribution in [2.45, 2.75) is 58.1 Å². The molecule has 2 rings (SSSR count). The Hall–Kier alpha value is -1.55. The second-order valence-electron chi connectivity index (χ2n) is 6.76. The van der Waals surface area contributed by atoms with Crippen molar-refractivity contribution in [2.24, 2.45) is 5.73 Å². The first-order valence-corrected chi connectivity index (χ1v) is 7.67. The van der Waals surface area contributed by atoms with Gasteiger partial charge in [0.2, 0.25) is 0 Å². The number of benzene rings is 1. The number of amides is 1. The first-order chi connectivity index (χ1) is 9.85. The summed E-state index contributed by atoms with van der Waals surface area (Å²) in [5.41, 5.74) is 9.91. The van der Waals surface area contributed by atoms with Crippen LogP contribution in [0, 0.1) is 0 Å². The van der Waals surface area contributed by atoms with Gasteiger partial charge in [0.05, 0.1) is 0 Å². The predicted octanol–water partition coefficient (Wildman–Crippen LogP) is 2.57. The van der Waals surface area contributed by atoms with E-state index in [9.17, 15) is 4.79 Å². The zero-order valence-corrected chi connectivity index (χ0v) is 13.2. The molecule has 21 heavy (non-hydrogen) atoms. The average Bonchev–Trinajstić information content (AvgIpc) is 2.84. The van der Waals surface area contributed by atoms with E-state index in [0.29, 0.717) is 6.54 Å². The second kappa shape index (κ2) is 6.48. The number of nitrogens with two attached hydrogens (primary N) is 1. The highest BCUT2D eigenvalue weighted by Gasteiger charge is 2.18. The number of rotatable bonds is 4. The summed E-state index contributed by atoms with van der Waals surface area (Å²) in [6.07, 6.45) is 3.94. The van der Waals surface area contributed by atoms with E-state index < -0.39 is 11.7 Å². The van der Waals surface area contributed by atoms with E-state index in [-0.39, 0.29) is 6.04 Å². The smallest absolute Gasteiger partial charge is 0.407 e. The van der Waals surface area contributed by atoms with Gasteiger partial charge in [-0.15, -0.1) is 0 Å². The van der Waals surface area contributed by atoms with Crippen molar-refractivity contribution in [1.82, 2.24) is 5.32 Å². The SMILES string of the molecule is CC(C)(C)OC(=O)NCC(N)Cc1cccc2c1CCC2. The van der Waals surface area contributed by atoms with Gasteiger partial charge >= 0.3 is 6.09 Å². The first-order valence-electron chi connectivity index (χ1n) is 7.67. The fraction of sp³-hybridized carbons (Fsp3) is 0.588. The molecule has 116 valence electrons. The average molecular weight is 290 g/mol. The molecule has 1 amide bonds. The van der Waals surface area contributed by atoms with Crippen LogP contribution in [0.15, 0.2) is 18.2 Å². The minimum atomic E-state index is -0.478. The summed E-state index contributed by atoms with van der Waals surface area (Å²) in [5.74, 6) is 0. The molecule has 0 bridgehead atoms. The van der Waals surface area contributed by atoms with Crippen LogP contribution >= 0.6 is 0 Å². The van der Waals surface area contributed by atoms with E-state index in [1.807, 2.05) is 20.8 Å². The number of hydrogen-bond acceptors (Lipinski definition) is 3. The molecule has 1 aliphatic rings. The maximum atomic E-state index is 11.6. The summed E-state index contributed by atoms with van der Waals surface area (Å²) < 4.78 is 5.21. The van der Waals surface area contributed by atoms with Gasteiger partial charge in [-0.2, -0.15) is 0 Å². The Kier molecular flexibility index (Phi) is 4.88. The monoisotopic (exact) mass is 290 g/mol. The van der Waals surface area contributed by atoms with Gasteiger partial charge in [0, 0.05) is 12.6 Å². The number of hydrogen-bond donors (Lipinski definition) is 2. The molecular weight excluding hydrogens is 264 g/mol. The molecular formula is C17H26N2O2. The number of alkyl carbamates (subject to hydrolysis) is 1. The van der Waals surface area contributed by atoms with Crippen LogP contribution in [0.2, 0.25) is 0 Å². The molecule has 0 aliphatic heterocycles. The number of nitrogens with one attached hydrogen (secondary N) is 1. The van der Waals surface area contributed by atoms with Gasteiger partial charge in [-0.3, -0.25) is 0 Å². The normalized spacial score (nSPS) is 15.4. The Morgan fingerprint density at radius 2 is 2.14 bits per heavy atom. The van der Waals surface area contributed by atoms with Crippen molar-refractivity contribution in [3.63, 3.8) is 0 Å². The lowest BCUT2D eigenvalue weighted by atomic mass is 9.98. The first kappa shape index (κ1) is 15.8. The molecule has 1 aromatic carbocycles. The molecule has 1 aromatic rings. The maximum absolute atomic E-state index is 11.6. The highest BCUT2D eigenvalue weighted by Crippen LogP contribution is 2.25. The Labute approximate surface area is 127 Å². The van der Waals surface area contributed by atoms with Gasteiger partial charge in [-0.05, 0) is 63.1 Å². The van der Waals surface area contributed by atoms with Crippen LogP contribution in [0.25, 0.3) is 0 Å². The molecule has 0 radical (unpaired) electrons. The van der Waals surface area contributed by atoms with Crippen LogP contribution in [-0.4, -0.2) is 24.3 Å². The van der Waals surface area contributed by atoms with Crippen LogP contribution in [0.5, 0.6) is 0 Å². The topological polar surface area (TPSA) is 64.3 Å². The lowest BCUT2D eigenvalue weighted by molar-refractivity contribution is 0.0524. The third kappa shape index (κ3) is 4.74. The largest absolute Gasteiger partial charge is 0.444 e. The van der Waals surface area contributed by atoms with Crippen molar-refractivity contribution in [3.05, 3.63) is 34.9 Å². The summed E-state index contributed by atoms with van der Waals surface area (Å²) in [4.78, 5) is 11.6. The molecule has 0 spiro atoms. The second-order valence-corrected chi connectivity index (χ2v) is 6.76. The lowest BCUT2D eigenvalue weighted by Gasteiger charge is -2.21. The van der Waals surface area contributed by atoms with E-state index in [1.165, 1.54) is 29.5 Å². The zero-order chi connectivity index (χ0) is 15.5. The predicted molar refractivity (Wildman–Crippen MR) is 84.4 cm³/mol. The number of ether oxygens (including phenoxy) is 1. The molecule has 4 nitrogen and oxygen atoms in total. The minimum absolute atomic E-state index is 0.0929. The minimum Gasteiger partial charge on any atom is -0.444 e. The van der Waals surface area contributed by atoms with Crippen LogP contribution in [-0.2, 0) is 24.0 Å². The Balaban J connectivity index is 1.84. The summed E-state index contributed by atoms with van der Waals surface area (Å²) in [6.45, 7) is 5.97. The van der Waals surface area contributed by atoms with Crippen LogP contribution in [0.4, 0.5) is 4.79 Å². The maximum Gasteiger partial charge on any atom is 0.407 e. The number of fused-ring (bicyclic) bond motifs is 1. The summed E-state index contributed by atoms with van der Waals surface area (Å²) in [7, 11) is 0. The van der Waals surface area contributed by atoms with Crippen molar-refractivity contribution in [3.8, 4) is 0 Å². The number of aryl methyl sites for hydroxylation is 1. The molecule has 0 aromatic heterocycles. The van der Waals surface area contributed by atoms with Crippen molar-refractivity contribution < 1.29 is 9.53 Å². The standard InChI is InChI=1S/C17H26N2O2/c1-17(2,3)21-16(20)19-11-14(18)10-13-8-4-6-12-7-5-9-15(12)13/h4,6,8,14H,5,7,9-11,18H2,1-3H3,(H,19,20). The third-order valence-electron chi connectivity index (χ3n) is 3.63. The molecule has 1 unspecified atom stereocenters. The van der Waals surface area contributed by atoms with Gasteiger partial charge in [-0.1, -0.05) is 18.2 Å². The van der Waals surface area contributed by atoms with E-state index in [1.54, 1.807) is 0 Å². The van der Waals surface area contributed by atoms with Gasteiger partial charge in [0.1, 0.15) is 5.60 Å². The van der Waals surface area contributed by atoms with Crippen molar-refractivity contribution >= 4 is 6.09 Å². The van der Waals surface area contributed by atoms with Crippen LogP contribution in [0.3, 0.4) is 0 Å². The molecule has 0 fully saturated rings. The summed E-state index contributed by atoms with van der Waals surface area (Å²) in [5, 5.41) is 2.74. The third-order valence-corrected chi connectivity index (χ3v) is 3.63. The highest BCUT2D eigenvalue weighted by atomic mass is 16.6. The summed E-state index contributed by atoms with van der Waals surface area (Å²) in [6, 6.07) is 6.37. The fourth-order valence-electron chi connectivity index (χ4n) is 2.77. The number of carbonyl (C=O) groups is 1. The van der Waals surface area contributed by atoms with Crippen LogP contribution in [0.1, 0.15) is 43.9 Å². The Bertz CT molecular complexity index is 506. The van der Waals surface area contributed by atoms with E-state index in [4.69, 9.17) is 10.5 Å². The van der Waals surface area contributed by atoms with Gasteiger partial charge < -0.3 is 15.8 Å². The molecule has 0 saturated carbocycles.